The number of hydrogen-bond acceptors (Lipinski definition) is 7. The molecule has 0 saturated carbocycles. The lowest BCUT2D eigenvalue weighted by atomic mass is 10.2. The maximum absolute atomic E-state index is 12.8. The van der Waals surface area contributed by atoms with E-state index >= 15 is 0 Å². The fraction of sp³-hybridized carbons (Fsp3) is 0.154. The highest BCUT2D eigenvalue weighted by Gasteiger charge is 2.13. The van der Waals surface area contributed by atoms with Gasteiger partial charge >= 0.3 is 0 Å². The zero-order valence-electron chi connectivity index (χ0n) is 19.1. The first-order valence-corrected chi connectivity index (χ1v) is 10.9. The number of benzene rings is 2. The molecule has 0 aliphatic rings. The Morgan fingerprint density at radius 1 is 0.971 bits per heavy atom. The first-order chi connectivity index (χ1) is 17.1. The fourth-order valence-electron chi connectivity index (χ4n) is 3.20. The number of amides is 1. The van der Waals surface area contributed by atoms with Gasteiger partial charge in [0.05, 0.1) is 13.7 Å². The average molecular weight is 473 g/mol. The lowest BCUT2D eigenvalue weighted by Gasteiger charge is -2.13. The van der Waals surface area contributed by atoms with E-state index in [9.17, 15) is 9.59 Å². The molecule has 0 atom stereocenters. The predicted molar refractivity (Wildman–Crippen MR) is 130 cm³/mol. The summed E-state index contributed by atoms with van der Waals surface area (Å²) in [7, 11) is 1.54. The van der Waals surface area contributed by atoms with E-state index in [1.807, 2.05) is 42.5 Å². The molecular formula is C26H24N4O5. The minimum atomic E-state index is -0.467. The molecule has 35 heavy (non-hydrogen) atoms. The molecule has 0 fully saturated rings. The Kier molecular flexibility index (Phi) is 7.70. The van der Waals surface area contributed by atoms with E-state index in [0.29, 0.717) is 29.5 Å². The zero-order chi connectivity index (χ0) is 24.5. The second kappa shape index (κ2) is 11.5. The number of anilines is 1. The van der Waals surface area contributed by atoms with Crippen molar-refractivity contribution in [1.29, 1.82) is 0 Å². The molecule has 1 amide bonds. The lowest BCUT2D eigenvalue weighted by Crippen LogP contribution is -2.28. The Hall–Kier alpha value is -4.66. The van der Waals surface area contributed by atoms with Crippen LogP contribution in [-0.2, 0) is 13.2 Å². The minimum absolute atomic E-state index is 0.0953. The van der Waals surface area contributed by atoms with Crippen LogP contribution in [0.15, 0.2) is 90.0 Å². The first kappa shape index (κ1) is 23.5. The highest BCUT2D eigenvalue weighted by Crippen LogP contribution is 2.31. The third-order valence-electron chi connectivity index (χ3n) is 4.95. The van der Waals surface area contributed by atoms with Gasteiger partial charge in [-0.1, -0.05) is 24.3 Å². The Bertz CT molecular complexity index is 1330. The normalized spacial score (nSPS) is 10.4. The van der Waals surface area contributed by atoms with E-state index in [-0.39, 0.29) is 24.4 Å². The second-order valence-electron chi connectivity index (χ2n) is 7.41. The van der Waals surface area contributed by atoms with Gasteiger partial charge in [0.25, 0.3) is 11.5 Å². The van der Waals surface area contributed by atoms with E-state index in [1.165, 1.54) is 16.8 Å². The number of methoxy groups -OCH3 is 1. The summed E-state index contributed by atoms with van der Waals surface area (Å²) < 4.78 is 18.1. The van der Waals surface area contributed by atoms with Crippen molar-refractivity contribution in [2.45, 2.75) is 13.2 Å². The van der Waals surface area contributed by atoms with Gasteiger partial charge in [-0.2, -0.15) is 5.10 Å². The maximum atomic E-state index is 12.8. The first-order valence-electron chi connectivity index (χ1n) is 10.9. The van der Waals surface area contributed by atoms with Gasteiger partial charge in [-0.25, -0.2) is 4.68 Å². The van der Waals surface area contributed by atoms with Crippen molar-refractivity contribution in [2.75, 3.05) is 19.0 Å². The summed E-state index contributed by atoms with van der Waals surface area (Å²) in [6, 6.07) is 20.7. The Labute approximate surface area is 201 Å². The van der Waals surface area contributed by atoms with Crippen molar-refractivity contribution in [1.82, 2.24) is 14.8 Å². The van der Waals surface area contributed by atoms with Crippen molar-refractivity contribution < 1.29 is 19.0 Å². The molecule has 9 heteroatoms. The van der Waals surface area contributed by atoms with Crippen LogP contribution in [-0.4, -0.2) is 34.4 Å². The molecule has 4 aromatic rings. The number of nitrogens with one attached hydrogen (secondary N) is 1. The standard InChI is InChI=1S/C26H24N4O5/c1-33-23-11-9-20(16-24(23)35-18-19-6-5-13-27-17-19)28-26(32)22-10-12-25(31)30(29-22)14-15-34-21-7-3-2-4-8-21/h2-13,16-17H,14-15,18H2,1H3,(H,28,32). The van der Waals surface area contributed by atoms with E-state index in [4.69, 9.17) is 14.2 Å². The van der Waals surface area contributed by atoms with Gasteiger partial charge in [0, 0.05) is 35.8 Å². The van der Waals surface area contributed by atoms with Crippen molar-refractivity contribution in [3.05, 3.63) is 107 Å². The molecule has 0 aliphatic carbocycles. The number of ether oxygens (including phenoxy) is 3. The highest BCUT2D eigenvalue weighted by atomic mass is 16.5. The Morgan fingerprint density at radius 3 is 2.60 bits per heavy atom. The molecule has 0 saturated heterocycles. The Morgan fingerprint density at radius 2 is 1.83 bits per heavy atom. The van der Waals surface area contributed by atoms with Gasteiger partial charge in [0.2, 0.25) is 0 Å². The summed E-state index contributed by atoms with van der Waals surface area (Å²) in [6.45, 7) is 0.723. The second-order valence-corrected chi connectivity index (χ2v) is 7.41. The van der Waals surface area contributed by atoms with Crippen LogP contribution in [0.5, 0.6) is 17.2 Å². The number of hydrogen-bond donors (Lipinski definition) is 1. The van der Waals surface area contributed by atoms with Crippen LogP contribution in [0.2, 0.25) is 0 Å². The Balaban J connectivity index is 1.42. The summed E-state index contributed by atoms with van der Waals surface area (Å²) >= 11 is 0. The van der Waals surface area contributed by atoms with E-state index < -0.39 is 5.91 Å². The smallest absolute Gasteiger partial charge is 0.276 e. The number of pyridine rings is 1. The number of carbonyl (C=O) groups excluding carboxylic acids is 1. The van der Waals surface area contributed by atoms with Crippen LogP contribution in [0.3, 0.4) is 0 Å². The molecule has 4 rings (SSSR count). The SMILES string of the molecule is COc1ccc(NC(=O)c2ccc(=O)n(CCOc3ccccc3)n2)cc1OCc1cccnc1. The minimum Gasteiger partial charge on any atom is -0.493 e. The molecule has 0 radical (unpaired) electrons. The van der Waals surface area contributed by atoms with Crippen LogP contribution in [0.25, 0.3) is 0 Å². The summed E-state index contributed by atoms with van der Waals surface area (Å²) in [5.74, 6) is 1.21. The summed E-state index contributed by atoms with van der Waals surface area (Å²) in [5, 5.41) is 6.96. The molecule has 1 N–H and O–H groups in total. The molecule has 0 spiro atoms. The number of aromatic nitrogens is 3. The molecule has 0 unspecified atom stereocenters. The molecule has 0 aliphatic heterocycles. The predicted octanol–water partition coefficient (Wildman–Crippen LogP) is 3.56. The van der Waals surface area contributed by atoms with Crippen LogP contribution in [0, 0.1) is 0 Å². The maximum Gasteiger partial charge on any atom is 0.276 e. The molecule has 2 aromatic carbocycles. The largest absolute Gasteiger partial charge is 0.493 e. The fourth-order valence-corrected chi connectivity index (χ4v) is 3.20. The van der Waals surface area contributed by atoms with Gasteiger partial charge in [-0.15, -0.1) is 0 Å². The van der Waals surface area contributed by atoms with Crippen LogP contribution >= 0.6 is 0 Å². The molecule has 2 heterocycles. The van der Waals surface area contributed by atoms with Crippen molar-refractivity contribution in [3.63, 3.8) is 0 Å². The van der Waals surface area contributed by atoms with Crippen LogP contribution < -0.4 is 25.1 Å². The van der Waals surface area contributed by atoms with Crippen LogP contribution in [0.4, 0.5) is 5.69 Å². The number of rotatable bonds is 10. The van der Waals surface area contributed by atoms with Gasteiger partial charge in [-0.05, 0) is 36.4 Å². The summed E-state index contributed by atoms with van der Waals surface area (Å²) in [4.78, 5) is 29.1. The van der Waals surface area contributed by atoms with E-state index in [1.54, 1.807) is 37.7 Å². The van der Waals surface area contributed by atoms with Crippen molar-refractivity contribution in [2.24, 2.45) is 0 Å². The zero-order valence-corrected chi connectivity index (χ0v) is 19.1. The van der Waals surface area contributed by atoms with Crippen molar-refractivity contribution >= 4 is 11.6 Å². The summed E-state index contributed by atoms with van der Waals surface area (Å²) in [5.41, 5.74) is 1.15. The highest BCUT2D eigenvalue weighted by molar-refractivity contribution is 6.02. The van der Waals surface area contributed by atoms with E-state index in [0.717, 1.165) is 5.56 Å². The number of para-hydroxylation sites is 1. The van der Waals surface area contributed by atoms with E-state index in [2.05, 4.69) is 15.4 Å². The lowest BCUT2D eigenvalue weighted by molar-refractivity contribution is 0.101. The number of carbonyl (C=O) groups is 1. The molecule has 9 nitrogen and oxygen atoms in total. The molecule has 178 valence electrons. The topological polar surface area (TPSA) is 105 Å². The third-order valence-corrected chi connectivity index (χ3v) is 4.95. The van der Waals surface area contributed by atoms with Gasteiger partial charge < -0.3 is 19.5 Å². The number of nitrogens with zero attached hydrogens (tertiary/aromatic N) is 3. The van der Waals surface area contributed by atoms with Gasteiger partial charge in [0.1, 0.15) is 24.7 Å². The third kappa shape index (κ3) is 6.44. The summed E-state index contributed by atoms with van der Waals surface area (Å²) in [6.07, 6.45) is 3.40. The monoisotopic (exact) mass is 472 g/mol. The van der Waals surface area contributed by atoms with Crippen LogP contribution in [0.1, 0.15) is 16.1 Å². The van der Waals surface area contributed by atoms with Gasteiger partial charge in [-0.3, -0.25) is 14.6 Å². The average Bonchev–Trinajstić information content (AvgIpc) is 2.90. The molecule has 2 aromatic heterocycles. The molecule has 0 bridgehead atoms. The quantitative estimate of drug-likeness (QED) is 0.376. The van der Waals surface area contributed by atoms with Crippen molar-refractivity contribution in [3.8, 4) is 17.2 Å². The molecular weight excluding hydrogens is 448 g/mol. The van der Waals surface area contributed by atoms with Gasteiger partial charge in [0.15, 0.2) is 11.5 Å².